The smallest absolute Gasteiger partial charge is 0.339 e. The summed E-state index contributed by atoms with van der Waals surface area (Å²) in [6.45, 7) is 2.93. The number of amides is 1. The summed E-state index contributed by atoms with van der Waals surface area (Å²) in [5.74, 6) is -0.0573. The highest BCUT2D eigenvalue weighted by Gasteiger charge is 2.20. The second-order valence-electron chi connectivity index (χ2n) is 6.93. The summed E-state index contributed by atoms with van der Waals surface area (Å²) in [4.78, 5) is 41.9. The van der Waals surface area contributed by atoms with Gasteiger partial charge < -0.3 is 9.84 Å². The first-order valence-corrected chi connectivity index (χ1v) is 9.87. The normalized spacial score (nSPS) is 10.8. The number of benzene rings is 2. The van der Waals surface area contributed by atoms with Crippen molar-refractivity contribution in [1.82, 2.24) is 24.5 Å². The van der Waals surface area contributed by atoms with Crippen LogP contribution in [0.15, 0.2) is 62.6 Å². The molecule has 2 heterocycles. The summed E-state index contributed by atoms with van der Waals surface area (Å²) in [7, 11) is 0. The molecule has 0 aliphatic rings. The van der Waals surface area contributed by atoms with E-state index in [0.29, 0.717) is 22.0 Å². The minimum atomic E-state index is -0.672. The van der Waals surface area contributed by atoms with Crippen LogP contribution in [-0.2, 0) is 11.3 Å². The van der Waals surface area contributed by atoms with Gasteiger partial charge in [-0.2, -0.15) is 14.8 Å². The van der Waals surface area contributed by atoms with Gasteiger partial charge in [-0.25, -0.2) is 4.79 Å². The van der Waals surface area contributed by atoms with Crippen LogP contribution < -0.4 is 16.6 Å². The van der Waals surface area contributed by atoms with Gasteiger partial charge in [0.1, 0.15) is 0 Å². The highest BCUT2D eigenvalue weighted by atomic mass is 35.5. The lowest BCUT2D eigenvalue weighted by atomic mass is 10.2. The molecule has 0 bridgehead atoms. The quantitative estimate of drug-likeness (QED) is 0.492. The molecule has 0 saturated carbocycles. The van der Waals surface area contributed by atoms with E-state index in [0.717, 1.165) is 9.25 Å². The summed E-state index contributed by atoms with van der Waals surface area (Å²) >= 11 is 5.94. The number of hydrogen-bond acceptors (Lipinski definition) is 7. The number of carbonyl (C=O) groups is 1. The number of carbonyl (C=O) groups excluding carboxylic acids is 1. The number of nitrogens with zero attached hydrogens (tertiary/aromatic N) is 5. The minimum Gasteiger partial charge on any atom is -0.339 e. The fourth-order valence-electron chi connectivity index (χ4n) is 3.05. The van der Waals surface area contributed by atoms with Gasteiger partial charge in [0.2, 0.25) is 17.6 Å². The van der Waals surface area contributed by atoms with Crippen molar-refractivity contribution in [3.63, 3.8) is 0 Å². The Balaban J connectivity index is 1.92. The number of aryl methyl sites for hydroxylation is 1. The predicted octanol–water partition coefficient (Wildman–Crippen LogP) is 2.41. The van der Waals surface area contributed by atoms with Gasteiger partial charge in [0.25, 0.3) is 5.56 Å². The average Bonchev–Trinajstić information content (AvgIpc) is 3.18. The van der Waals surface area contributed by atoms with Crippen molar-refractivity contribution in [1.29, 1.82) is 0 Å². The first kappa shape index (κ1) is 21.2. The summed E-state index contributed by atoms with van der Waals surface area (Å²) in [6.07, 6.45) is 0. The van der Waals surface area contributed by atoms with Crippen molar-refractivity contribution in [3.05, 3.63) is 85.8 Å². The van der Waals surface area contributed by atoms with Crippen LogP contribution in [-0.4, -0.2) is 30.4 Å². The maximum Gasteiger partial charge on any atom is 0.352 e. The zero-order chi connectivity index (χ0) is 22.8. The Kier molecular flexibility index (Phi) is 5.69. The van der Waals surface area contributed by atoms with Crippen LogP contribution in [0.3, 0.4) is 0 Å². The third kappa shape index (κ3) is 4.35. The second-order valence-corrected chi connectivity index (χ2v) is 7.37. The molecule has 11 heteroatoms. The second kappa shape index (κ2) is 8.60. The first-order valence-electron chi connectivity index (χ1n) is 9.49. The van der Waals surface area contributed by atoms with Crippen LogP contribution >= 0.6 is 11.6 Å². The molecule has 0 saturated heterocycles. The van der Waals surface area contributed by atoms with E-state index in [4.69, 9.17) is 16.1 Å². The highest BCUT2D eigenvalue weighted by Crippen LogP contribution is 2.15. The lowest BCUT2D eigenvalue weighted by Gasteiger charge is -2.12. The van der Waals surface area contributed by atoms with E-state index < -0.39 is 11.2 Å². The molecular weight excluding hydrogens is 436 g/mol. The van der Waals surface area contributed by atoms with E-state index in [1.165, 1.54) is 6.92 Å². The van der Waals surface area contributed by atoms with E-state index in [1.807, 2.05) is 0 Å². The average molecular weight is 453 g/mol. The van der Waals surface area contributed by atoms with Crippen LogP contribution in [0.4, 0.5) is 5.69 Å². The fraction of sp³-hybridized carbons (Fsp3) is 0.143. The predicted molar refractivity (Wildman–Crippen MR) is 117 cm³/mol. The summed E-state index contributed by atoms with van der Waals surface area (Å²) < 4.78 is 7.07. The zero-order valence-corrected chi connectivity index (χ0v) is 17.8. The Bertz CT molecular complexity index is 1420. The molecule has 0 radical (unpaired) electrons. The highest BCUT2D eigenvalue weighted by molar-refractivity contribution is 6.30. The number of halogens is 1. The van der Waals surface area contributed by atoms with Gasteiger partial charge in [-0.05, 0) is 35.9 Å². The number of aromatic nitrogens is 5. The monoisotopic (exact) mass is 452 g/mol. The first-order chi connectivity index (χ1) is 15.3. The Hall–Kier alpha value is -4.05. The molecule has 1 amide bonds. The van der Waals surface area contributed by atoms with Crippen LogP contribution in [0.5, 0.6) is 0 Å². The third-order valence-corrected chi connectivity index (χ3v) is 4.72. The van der Waals surface area contributed by atoms with E-state index in [2.05, 4.69) is 20.6 Å². The Morgan fingerprint density at radius 3 is 2.56 bits per heavy atom. The molecule has 10 nitrogen and oxygen atoms in total. The summed E-state index contributed by atoms with van der Waals surface area (Å²) in [5.41, 5.74) is 0.00604. The lowest BCUT2D eigenvalue weighted by Crippen LogP contribution is -2.42. The number of nitrogens with one attached hydrogen (secondary N) is 1. The number of hydrogen-bond donors (Lipinski definition) is 1. The van der Waals surface area contributed by atoms with Crippen molar-refractivity contribution in [2.24, 2.45) is 0 Å². The fourth-order valence-corrected chi connectivity index (χ4v) is 3.18. The van der Waals surface area contributed by atoms with E-state index in [-0.39, 0.29) is 29.9 Å². The van der Waals surface area contributed by atoms with E-state index in [1.54, 1.807) is 55.5 Å². The Labute approximate surface area is 186 Å². The van der Waals surface area contributed by atoms with Gasteiger partial charge in [0.05, 0.1) is 12.2 Å². The van der Waals surface area contributed by atoms with Gasteiger partial charge in [-0.3, -0.25) is 14.2 Å². The van der Waals surface area contributed by atoms with Crippen molar-refractivity contribution >= 4 is 23.2 Å². The minimum absolute atomic E-state index is 0.0213. The standard InChI is InChI=1S/C21H17ClN6O4/c1-12(29)23-16-4-3-5-17(10-16)28-21(31)27(11-14-6-8-15(22)9-7-14)20(30)18(25-28)19-24-13(2)32-26-19/h3-10H,11H2,1-2H3,(H,23,29). The van der Waals surface area contributed by atoms with Crippen molar-refractivity contribution in [2.75, 3.05) is 5.32 Å². The van der Waals surface area contributed by atoms with E-state index >= 15 is 0 Å². The SMILES string of the molecule is CC(=O)Nc1cccc(-n2nc(-c3noc(C)n3)c(=O)n(Cc3ccc(Cl)cc3)c2=O)c1. The van der Waals surface area contributed by atoms with Gasteiger partial charge in [0.15, 0.2) is 5.69 Å². The van der Waals surface area contributed by atoms with Crippen LogP contribution in [0, 0.1) is 6.92 Å². The molecular formula is C21H17ClN6O4. The molecule has 162 valence electrons. The summed E-state index contributed by atoms with van der Waals surface area (Å²) in [5, 5.41) is 11.2. The van der Waals surface area contributed by atoms with Crippen molar-refractivity contribution < 1.29 is 9.32 Å². The van der Waals surface area contributed by atoms with Crippen LogP contribution in [0.2, 0.25) is 5.02 Å². The molecule has 2 aromatic carbocycles. The molecule has 0 fully saturated rings. The number of rotatable bonds is 5. The maximum atomic E-state index is 13.3. The molecule has 32 heavy (non-hydrogen) atoms. The van der Waals surface area contributed by atoms with Crippen LogP contribution in [0.1, 0.15) is 18.4 Å². The molecule has 4 rings (SSSR count). The van der Waals surface area contributed by atoms with E-state index in [9.17, 15) is 14.4 Å². The molecule has 0 aliphatic heterocycles. The molecule has 0 unspecified atom stereocenters. The lowest BCUT2D eigenvalue weighted by molar-refractivity contribution is -0.114. The maximum absolute atomic E-state index is 13.3. The van der Waals surface area contributed by atoms with Crippen molar-refractivity contribution in [2.45, 2.75) is 20.4 Å². The van der Waals surface area contributed by atoms with Gasteiger partial charge >= 0.3 is 5.69 Å². The molecule has 0 aliphatic carbocycles. The molecule has 0 spiro atoms. The molecule has 0 atom stereocenters. The van der Waals surface area contributed by atoms with Gasteiger partial charge in [-0.15, -0.1) is 0 Å². The zero-order valence-electron chi connectivity index (χ0n) is 17.1. The topological polar surface area (TPSA) is 125 Å². The summed E-state index contributed by atoms with van der Waals surface area (Å²) in [6, 6.07) is 13.3. The Morgan fingerprint density at radius 2 is 1.91 bits per heavy atom. The van der Waals surface area contributed by atoms with Gasteiger partial charge in [-0.1, -0.05) is 35.0 Å². The Morgan fingerprint density at radius 1 is 1.16 bits per heavy atom. The number of anilines is 1. The molecule has 1 N–H and O–H groups in total. The molecule has 4 aromatic rings. The third-order valence-electron chi connectivity index (χ3n) is 4.46. The van der Waals surface area contributed by atoms with Crippen molar-refractivity contribution in [3.8, 4) is 17.2 Å². The molecule has 2 aromatic heterocycles. The van der Waals surface area contributed by atoms with Crippen LogP contribution in [0.25, 0.3) is 17.2 Å². The van der Waals surface area contributed by atoms with Gasteiger partial charge in [0, 0.05) is 24.6 Å². The largest absolute Gasteiger partial charge is 0.352 e.